The van der Waals surface area contributed by atoms with Crippen molar-refractivity contribution < 1.29 is 14.2 Å². The molecule has 6 nitrogen and oxygen atoms in total. The zero-order chi connectivity index (χ0) is 23.8. The van der Waals surface area contributed by atoms with Gasteiger partial charge < -0.3 is 18.4 Å². The standard InChI is InChI=1S/C24H34IN3O3Si/c1-14(2)32(15(3)4,16(5)6)28-13-18(25)22-24(28)26-12-19(27-22)17-10-20(29-7)23(31-9)21(11-17)30-8/h10-16H,1-9H3. The largest absolute Gasteiger partial charge is 0.493 e. The van der Waals surface area contributed by atoms with E-state index in [9.17, 15) is 0 Å². The number of hydrogen-bond donors (Lipinski definition) is 0. The summed E-state index contributed by atoms with van der Waals surface area (Å²) in [5.74, 6) is 1.76. The predicted molar refractivity (Wildman–Crippen MR) is 142 cm³/mol. The summed E-state index contributed by atoms with van der Waals surface area (Å²) in [4.78, 5) is 10.0. The lowest BCUT2D eigenvalue weighted by atomic mass is 10.1. The fourth-order valence-electron chi connectivity index (χ4n) is 5.45. The summed E-state index contributed by atoms with van der Waals surface area (Å²) < 4.78 is 20.1. The number of benzene rings is 1. The second kappa shape index (κ2) is 9.58. The van der Waals surface area contributed by atoms with Gasteiger partial charge in [-0.15, -0.1) is 0 Å². The molecule has 0 N–H and O–H groups in total. The molecule has 2 aromatic heterocycles. The first-order valence-electron chi connectivity index (χ1n) is 11.0. The van der Waals surface area contributed by atoms with Crippen molar-refractivity contribution in [1.82, 2.24) is 14.2 Å². The van der Waals surface area contributed by atoms with Gasteiger partial charge in [-0.1, -0.05) is 41.5 Å². The number of halogens is 1. The molecule has 3 aromatic rings. The van der Waals surface area contributed by atoms with Gasteiger partial charge in [0.15, 0.2) is 25.4 Å². The Labute approximate surface area is 205 Å². The van der Waals surface area contributed by atoms with E-state index in [0.717, 1.165) is 26.0 Å². The summed E-state index contributed by atoms with van der Waals surface area (Å²) in [6.45, 7) is 14.2. The lowest BCUT2D eigenvalue weighted by Crippen LogP contribution is -2.51. The average molecular weight is 568 g/mol. The Morgan fingerprint density at radius 2 is 1.41 bits per heavy atom. The predicted octanol–water partition coefficient (Wildman–Crippen LogP) is 6.75. The molecule has 32 heavy (non-hydrogen) atoms. The fraction of sp³-hybridized carbons (Fsp3) is 0.500. The van der Waals surface area contributed by atoms with Crippen LogP contribution in [0.15, 0.2) is 24.5 Å². The molecule has 0 unspecified atom stereocenters. The van der Waals surface area contributed by atoms with Crippen molar-refractivity contribution in [1.29, 1.82) is 0 Å². The van der Waals surface area contributed by atoms with Crippen LogP contribution in [0.25, 0.3) is 22.4 Å². The number of methoxy groups -OCH3 is 3. The summed E-state index contributed by atoms with van der Waals surface area (Å²) in [7, 11) is 2.91. The van der Waals surface area contributed by atoms with Crippen LogP contribution >= 0.6 is 22.6 Å². The van der Waals surface area contributed by atoms with Crippen molar-refractivity contribution in [2.75, 3.05) is 21.3 Å². The van der Waals surface area contributed by atoms with E-state index in [1.165, 1.54) is 0 Å². The van der Waals surface area contributed by atoms with Crippen molar-refractivity contribution in [2.24, 2.45) is 0 Å². The SMILES string of the molecule is COc1cc(-c2cnc3c(n2)c(I)cn3[Si](C(C)C)(C(C)C)C(C)C)cc(OC)c1OC. The van der Waals surface area contributed by atoms with Gasteiger partial charge in [-0.3, -0.25) is 0 Å². The van der Waals surface area contributed by atoms with E-state index in [2.05, 4.69) is 74.6 Å². The van der Waals surface area contributed by atoms with Crippen LogP contribution in [0.4, 0.5) is 0 Å². The molecule has 0 aliphatic heterocycles. The molecule has 0 saturated carbocycles. The van der Waals surface area contributed by atoms with Crippen LogP contribution in [0.2, 0.25) is 16.6 Å². The summed E-state index contributed by atoms with van der Waals surface area (Å²) >= 11 is 2.39. The van der Waals surface area contributed by atoms with Gasteiger partial charge in [0.2, 0.25) is 5.75 Å². The Morgan fingerprint density at radius 1 is 0.875 bits per heavy atom. The van der Waals surface area contributed by atoms with Crippen LogP contribution in [-0.4, -0.2) is 43.8 Å². The zero-order valence-corrected chi connectivity index (χ0v) is 23.6. The Morgan fingerprint density at radius 3 is 1.84 bits per heavy atom. The quantitative estimate of drug-likeness (QED) is 0.223. The molecule has 1 aromatic carbocycles. The van der Waals surface area contributed by atoms with E-state index in [-0.39, 0.29) is 0 Å². The minimum Gasteiger partial charge on any atom is -0.493 e. The first kappa shape index (κ1) is 24.8. The van der Waals surface area contributed by atoms with Crippen LogP contribution in [0.5, 0.6) is 17.2 Å². The van der Waals surface area contributed by atoms with Crippen molar-refractivity contribution in [3.8, 4) is 28.5 Å². The fourth-order valence-corrected chi connectivity index (χ4v) is 12.9. The molecule has 0 spiro atoms. The lowest BCUT2D eigenvalue weighted by molar-refractivity contribution is 0.324. The maximum absolute atomic E-state index is 5.53. The highest BCUT2D eigenvalue weighted by atomic mass is 127. The van der Waals surface area contributed by atoms with Crippen molar-refractivity contribution in [3.05, 3.63) is 28.1 Å². The Kier molecular flexibility index (Phi) is 7.43. The van der Waals surface area contributed by atoms with E-state index in [1.807, 2.05) is 18.3 Å². The zero-order valence-electron chi connectivity index (χ0n) is 20.5. The van der Waals surface area contributed by atoms with Gasteiger partial charge in [-0.05, 0) is 51.3 Å². The number of aromatic nitrogens is 3. The molecule has 174 valence electrons. The minimum atomic E-state index is -1.93. The molecule has 2 heterocycles. The van der Waals surface area contributed by atoms with Gasteiger partial charge in [-0.2, -0.15) is 0 Å². The molecule has 0 atom stereocenters. The Balaban J connectivity index is 2.24. The van der Waals surface area contributed by atoms with Crippen LogP contribution in [0.3, 0.4) is 0 Å². The smallest absolute Gasteiger partial charge is 0.203 e. The molecule has 0 amide bonds. The van der Waals surface area contributed by atoms with Crippen molar-refractivity contribution in [2.45, 2.75) is 58.2 Å². The third-order valence-corrected chi connectivity index (χ3v) is 14.1. The second-order valence-corrected chi connectivity index (χ2v) is 15.9. The number of fused-ring (bicyclic) bond motifs is 1. The van der Waals surface area contributed by atoms with E-state index < -0.39 is 8.24 Å². The van der Waals surface area contributed by atoms with Crippen molar-refractivity contribution >= 4 is 42.0 Å². The summed E-state index contributed by atoms with van der Waals surface area (Å²) in [5, 5.41) is 0. The van der Waals surface area contributed by atoms with Crippen molar-refractivity contribution in [3.63, 3.8) is 0 Å². The number of rotatable bonds is 8. The second-order valence-electron chi connectivity index (χ2n) is 9.04. The average Bonchev–Trinajstić information content (AvgIpc) is 3.08. The van der Waals surface area contributed by atoms with Crippen LogP contribution in [0.1, 0.15) is 41.5 Å². The molecule has 0 saturated heterocycles. The highest BCUT2D eigenvalue weighted by Gasteiger charge is 2.46. The molecule has 0 fully saturated rings. The minimum absolute atomic E-state index is 0.565. The van der Waals surface area contributed by atoms with Gasteiger partial charge >= 0.3 is 0 Å². The lowest BCUT2D eigenvalue weighted by Gasteiger charge is -2.44. The monoisotopic (exact) mass is 567 g/mol. The van der Waals surface area contributed by atoms with Gasteiger partial charge in [0.1, 0.15) is 5.52 Å². The summed E-state index contributed by atoms with van der Waals surface area (Å²) in [6.07, 6.45) is 4.13. The van der Waals surface area contributed by atoms with Crippen LogP contribution < -0.4 is 14.2 Å². The summed E-state index contributed by atoms with van der Waals surface area (Å²) in [5.41, 5.74) is 5.29. The number of nitrogens with zero attached hydrogens (tertiary/aromatic N) is 3. The normalized spacial score (nSPS) is 12.3. The van der Waals surface area contributed by atoms with E-state index in [0.29, 0.717) is 33.9 Å². The molecule has 3 rings (SSSR count). The maximum atomic E-state index is 5.53. The van der Waals surface area contributed by atoms with Crippen LogP contribution in [0, 0.1) is 3.57 Å². The molecule has 0 bridgehead atoms. The number of hydrogen-bond acceptors (Lipinski definition) is 5. The third-order valence-electron chi connectivity index (χ3n) is 6.60. The van der Waals surface area contributed by atoms with Gasteiger partial charge in [0.25, 0.3) is 0 Å². The van der Waals surface area contributed by atoms with E-state index in [4.69, 9.17) is 24.2 Å². The summed E-state index contributed by atoms with van der Waals surface area (Å²) in [6, 6.07) is 3.83. The molecule has 0 aliphatic carbocycles. The molecule has 0 radical (unpaired) electrons. The van der Waals surface area contributed by atoms with Gasteiger partial charge in [0, 0.05) is 11.8 Å². The number of ether oxygens (including phenoxy) is 3. The first-order chi connectivity index (χ1) is 15.1. The van der Waals surface area contributed by atoms with E-state index >= 15 is 0 Å². The maximum Gasteiger partial charge on any atom is 0.203 e. The van der Waals surface area contributed by atoms with Crippen LogP contribution in [-0.2, 0) is 0 Å². The van der Waals surface area contributed by atoms with Gasteiger partial charge in [0.05, 0.1) is 36.8 Å². The third kappa shape index (κ3) is 3.89. The van der Waals surface area contributed by atoms with Gasteiger partial charge in [-0.25, -0.2) is 9.97 Å². The topological polar surface area (TPSA) is 58.4 Å². The molecular weight excluding hydrogens is 533 g/mol. The molecule has 0 aliphatic rings. The highest BCUT2D eigenvalue weighted by Crippen LogP contribution is 2.45. The molecule has 8 heteroatoms. The Bertz CT molecular complexity index is 1060. The molecular formula is C24H34IN3O3Si. The highest BCUT2D eigenvalue weighted by molar-refractivity contribution is 14.1. The first-order valence-corrected chi connectivity index (χ1v) is 14.2. The van der Waals surface area contributed by atoms with E-state index in [1.54, 1.807) is 21.3 Å². The Hall–Kier alpha value is -1.81.